The summed E-state index contributed by atoms with van der Waals surface area (Å²) in [6.07, 6.45) is 1.86. The topological polar surface area (TPSA) is 42.2 Å². The number of aliphatic carboxylic acids is 1. The van der Waals surface area contributed by atoms with Crippen molar-refractivity contribution >= 4 is 32.8 Å². The number of aromatic nitrogens is 1. The van der Waals surface area contributed by atoms with Gasteiger partial charge in [-0.05, 0) is 41.8 Å². The number of carboxylic acid groups (broad SMARTS) is 1. The first-order chi connectivity index (χ1) is 8.61. The highest BCUT2D eigenvalue weighted by Crippen LogP contribution is 2.30. The number of halogens is 1. The lowest BCUT2D eigenvalue weighted by Crippen LogP contribution is -2.01. The molecule has 0 spiro atoms. The average molecular weight is 310 g/mol. The maximum absolute atomic E-state index is 10.5. The summed E-state index contributed by atoms with van der Waals surface area (Å²) >= 11 is 3.62. The second-order valence-corrected chi connectivity index (χ2v) is 5.21. The Labute approximate surface area is 115 Å². The third kappa shape index (κ3) is 2.58. The van der Waals surface area contributed by atoms with Gasteiger partial charge in [0, 0.05) is 34.0 Å². The fourth-order valence-corrected chi connectivity index (χ4v) is 2.77. The SMILES string of the molecule is Cc1c(Br)c2ccccc2n1CCCCC(=O)O. The number of aryl methyl sites for hydroxylation is 1. The number of unbranched alkanes of at least 4 members (excludes halogenated alkanes) is 1. The molecule has 1 N–H and O–H groups in total. The van der Waals surface area contributed by atoms with E-state index in [1.807, 2.05) is 12.1 Å². The lowest BCUT2D eigenvalue weighted by atomic mass is 10.2. The van der Waals surface area contributed by atoms with E-state index in [4.69, 9.17) is 5.11 Å². The van der Waals surface area contributed by atoms with Crippen molar-refractivity contribution in [2.45, 2.75) is 32.7 Å². The molecular weight excluding hydrogens is 294 g/mol. The van der Waals surface area contributed by atoms with Crippen LogP contribution in [0, 0.1) is 6.92 Å². The highest BCUT2D eigenvalue weighted by molar-refractivity contribution is 9.10. The van der Waals surface area contributed by atoms with E-state index in [0.29, 0.717) is 0 Å². The van der Waals surface area contributed by atoms with Gasteiger partial charge in [0.2, 0.25) is 0 Å². The molecule has 1 aromatic heterocycles. The molecule has 0 atom stereocenters. The minimum absolute atomic E-state index is 0.249. The van der Waals surface area contributed by atoms with Crippen LogP contribution < -0.4 is 0 Å². The highest BCUT2D eigenvalue weighted by atomic mass is 79.9. The largest absolute Gasteiger partial charge is 0.481 e. The summed E-state index contributed by atoms with van der Waals surface area (Å²) in [5.74, 6) is -0.717. The molecule has 0 radical (unpaired) electrons. The molecule has 0 fully saturated rings. The Morgan fingerprint density at radius 2 is 2.06 bits per heavy atom. The van der Waals surface area contributed by atoms with Crippen molar-refractivity contribution in [2.75, 3.05) is 0 Å². The van der Waals surface area contributed by atoms with E-state index >= 15 is 0 Å². The number of nitrogens with zero attached hydrogens (tertiary/aromatic N) is 1. The molecule has 0 saturated carbocycles. The second-order valence-electron chi connectivity index (χ2n) is 4.42. The molecule has 0 aliphatic rings. The van der Waals surface area contributed by atoms with Crippen LogP contribution in [0.25, 0.3) is 10.9 Å². The minimum Gasteiger partial charge on any atom is -0.481 e. The number of benzene rings is 1. The molecule has 1 heterocycles. The summed E-state index contributed by atoms with van der Waals surface area (Å²) in [4.78, 5) is 10.5. The molecule has 0 aliphatic heterocycles. The van der Waals surface area contributed by atoms with Crippen LogP contribution in [-0.4, -0.2) is 15.6 Å². The summed E-state index contributed by atoms with van der Waals surface area (Å²) in [6.45, 7) is 2.95. The second kappa shape index (κ2) is 5.57. The lowest BCUT2D eigenvalue weighted by molar-refractivity contribution is -0.137. The Kier molecular flexibility index (Phi) is 4.07. The highest BCUT2D eigenvalue weighted by Gasteiger charge is 2.10. The molecule has 0 saturated heterocycles. The Hall–Kier alpha value is -1.29. The van der Waals surface area contributed by atoms with E-state index in [2.05, 4.69) is 39.6 Å². The predicted octanol–water partition coefficient (Wildman–Crippen LogP) is 3.97. The molecule has 2 aromatic rings. The van der Waals surface area contributed by atoms with Gasteiger partial charge >= 0.3 is 5.97 Å². The minimum atomic E-state index is -0.717. The normalized spacial score (nSPS) is 11.0. The third-order valence-electron chi connectivity index (χ3n) is 3.18. The Bertz CT molecular complexity index is 574. The average Bonchev–Trinajstić information content (AvgIpc) is 2.59. The molecule has 0 unspecified atom stereocenters. The van der Waals surface area contributed by atoms with E-state index in [-0.39, 0.29) is 6.42 Å². The molecule has 3 nitrogen and oxygen atoms in total. The van der Waals surface area contributed by atoms with Gasteiger partial charge in [-0.1, -0.05) is 18.2 Å². The maximum Gasteiger partial charge on any atom is 0.303 e. The first-order valence-electron chi connectivity index (χ1n) is 6.06. The fourth-order valence-electron chi connectivity index (χ4n) is 2.22. The molecule has 0 bridgehead atoms. The first-order valence-corrected chi connectivity index (χ1v) is 6.85. The number of para-hydroxylation sites is 1. The monoisotopic (exact) mass is 309 g/mol. The zero-order valence-corrected chi connectivity index (χ0v) is 11.9. The Balaban J connectivity index is 2.17. The van der Waals surface area contributed by atoms with Crippen molar-refractivity contribution in [2.24, 2.45) is 0 Å². The van der Waals surface area contributed by atoms with Gasteiger partial charge in [0.25, 0.3) is 0 Å². The standard InChI is InChI=1S/C14H16BrNO2/c1-10-14(15)11-6-2-3-7-12(11)16(10)9-5-4-8-13(17)18/h2-3,6-7H,4-5,8-9H2,1H3,(H,17,18). The molecule has 18 heavy (non-hydrogen) atoms. The summed E-state index contributed by atoms with van der Waals surface area (Å²) in [6, 6.07) is 8.26. The van der Waals surface area contributed by atoms with Gasteiger partial charge in [-0.2, -0.15) is 0 Å². The van der Waals surface area contributed by atoms with Crippen LogP contribution in [0.15, 0.2) is 28.7 Å². The smallest absolute Gasteiger partial charge is 0.303 e. The molecule has 0 amide bonds. The van der Waals surface area contributed by atoms with Gasteiger partial charge in [0.05, 0.1) is 0 Å². The van der Waals surface area contributed by atoms with Gasteiger partial charge in [-0.15, -0.1) is 0 Å². The van der Waals surface area contributed by atoms with Crippen LogP contribution >= 0.6 is 15.9 Å². The predicted molar refractivity (Wildman–Crippen MR) is 75.9 cm³/mol. The van der Waals surface area contributed by atoms with Crippen molar-refractivity contribution < 1.29 is 9.90 Å². The maximum atomic E-state index is 10.5. The number of carbonyl (C=O) groups is 1. The zero-order chi connectivity index (χ0) is 13.1. The zero-order valence-electron chi connectivity index (χ0n) is 10.3. The van der Waals surface area contributed by atoms with E-state index in [1.54, 1.807) is 0 Å². The van der Waals surface area contributed by atoms with Gasteiger partial charge in [-0.25, -0.2) is 0 Å². The molecular formula is C14H16BrNO2. The van der Waals surface area contributed by atoms with Crippen LogP contribution in [0.3, 0.4) is 0 Å². The van der Waals surface area contributed by atoms with Gasteiger partial charge in [-0.3, -0.25) is 4.79 Å². The number of fused-ring (bicyclic) bond motifs is 1. The van der Waals surface area contributed by atoms with Crippen LogP contribution in [0.1, 0.15) is 25.0 Å². The van der Waals surface area contributed by atoms with Gasteiger partial charge in [0.15, 0.2) is 0 Å². The summed E-state index contributed by atoms with van der Waals surface area (Å²) < 4.78 is 3.39. The number of hydrogen-bond acceptors (Lipinski definition) is 1. The van der Waals surface area contributed by atoms with Crippen molar-refractivity contribution in [3.05, 3.63) is 34.4 Å². The quantitative estimate of drug-likeness (QED) is 0.849. The number of rotatable bonds is 5. The van der Waals surface area contributed by atoms with Gasteiger partial charge in [0.1, 0.15) is 0 Å². The fraction of sp³-hybridized carbons (Fsp3) is 0.357. The van der Waals surface area contributed by atoms with E-state index in [1.165, 1.54) is 16.6 Å². The van der Waals surface area contributed by atoms with Crippen molar-refractivity contribution in [1.82, 2.24) is 4.57 Å². The molecule has 4 heteroatoms. The van der Waals surface area contributed by atoms with Gasteiger partial charge < -0.3 is 9.67 Å². The molecule has 1 aromatic carbocycles. The van der Waals surface area contributed by atoms with Crippen molar-refractivity contribution in [1.29, 1.82) is 0 Å². The van der Waals surface area contributed by atoms with E-state index < -0.39 is 5.97 Å². The Morgan fingerprint density at radius 3 is 2.78 bits per heavy atom. The summed E-state index contributed by atoms with van der Waals surface area (Å²) in [7, 11) is 0. The lowest BCUT2D eigenvalue weighted by Gasteiger charge is -2.07. The first kappa shape index (κ1) is 13.1. The van der Waals surface area contributed by atoms with Crippen LogP contribution in [0.4, 0.5) is 0 Å². The van der Waals surface area contributed by atoms with Crippen molar-refractivity contribution in [3.8, 4) is 0 Å². The summed E-state index contributed by atoms with van der Waals surface area (Å²) in [5, 5.41) is 9.84. The third-order valence-corrected chi connectivity index (χ3v) is 4.18. The van der Waals surface area contributed by atoms with Crippen molar-refractivity contribution in [3.63, 3.8) is 0 Å². The van der Waals surface area contributed by atoms with Crippen LogP contribution in [-0.2, 0) is 11.3 Å². The van der Waals surface area contributed by atoms with Crippen LogP contribution in [0.2, 0.25) is 0 Å². The van der Waals surface area contributed by atoms with E-state index in [0.717, 1.165) is 23.9 Å². The molecule has 2 rings (SSSR count). The number of hydrogen-bond donors (Lipinski definition) is 1. The van der Waals surface area contributed by atoms with E-state index in [9.17, 15) is 4.79 Å². The molecule has 96 valence electrons. The Morgan fingerprint density at radius 1 is 1.33 bits per heavy atom. The summed E-state index contributed by atoms with van der Waals surface area (Å²) in [5.41, 5.74) is 2.41. The number of carboxylic acids is 1. The van der Waals surface area contributed by atoms with Crippen LogP contribution in [0.5, 0.6) is 0 Å². The molecule has 0 aliphatic carbocycles.